The quantitative estimate of drug-likeness (QED) is 0.803. The second kappa shape index (κ2) is 7.48. The molecule has 2 aromatic carbocycles. The molecule has 2 unspecified atom stereocenters. The number of hydrogen-bond donors (Lipinski definition) is 1. The Bertz CT molecular complexity index is 573. The third kappa shape index (κ3) is 4.22. The number of ether oxygens (including phenoxy) is 1. The van der Waals surface area contributed by atoms with Crippen molar-refractivity contribution in [1.29, 1.82) is 0 Å². The third-order valence-electron chi connectivity index (χ3n) is 3.36. The third-order valence-corrected chi connectivity index (χ3v) is 4.10. The van der Waals surface area contributed by atoms with Crippen molar-refractivity contribution >= 4 is 11.8 Å². The average Bonchev–Trinajstić information content (AvgIpc) is 2.52. The zero-order valence-electron chi connectivity index (χ0n) is 12.3. The molecule has 2 rings (SSSR count). The van der Waals surface area contributed by atoms with Crippen LogP contribution >= 0.6 is 11.8 Å². The lowest BCUT2D eigenvalue weighted by Crippen LogP contribution is -2.31. The summed E-state index contributed by atoms with van der Waals surface area (Å²) in [4.78, 5) is 1.17. The fourth-order valence-electron chi connectivity index (χ4n) is 2.10. The molecule has 112 valence electrons. The predicted octanol–water partition coefficient (Wildman–Crippen LogP) is 4.41. The van der Waals surface area contributed by atoms with Gasteiger partial charge in [0.2, 0.25) is 0 Å². The average molecular weight is 305 g/mol. The highest BCUT2D eigenvalue weighted by atomic mass is 32.2. The molecule has 2 aromatic rings. The lowest BCUT2D eigenvalue weighted by Gasteiger charge is -2.25. The van der Waals surface area contributed by atoms with Crippen molar-refractivity contribution in [3.8, 4) is 5.75 Å². The van der Waals surface area contributed by atoms with Gasteiger partial charge in [0.15, 0.2) is 0 Å². The molecule has 0 saturated heterocycles. The van der Waals surface area contributed by atoms with Crippen LogP contribution < -0.4 is 10.5 Å². The Balaban J connectivity index is 2.23. The molecule has 0 aliphatic carbocycles. The molecule has 0 aliphatic rings. The number of halogens is 1. The largest absolute Gasteiger partial charge is 0.484 e. The lowest BCUT2D eigenvalue weighted by molar-refractivity contribution is 0.170. The van der Waals surface area contributed by atoms with Gasteiger partial charge < -0.3 is 10.5 Å². The van der Waals surface area contributed by atoms with Gasteiger partial charge in [-0.3, -0.25) is 0 Å². The number of benzene rings is 2. The van der Waals surface area contributed by atoms with Gasteiger partial charge in [0.25, 0.3) is 0 Å². The highest BCUT2D eigenvalue weighted by molar-refractivity contribution is 7.98. The molecule has 0 aromatic heterocycles. The molecule has 4 heteroatoms. The van der Waals surface area contributed by atoms with E-state index in [0.717, 1.165) is 17.7 Å². The Morgan fingerprint density at radius 2 is 1.90 bits per heavy atom. The van der Waals surface area contributed by atoms with Crippen LogP contribution in [0, 0.1) is 5.82 Å². The normalized spacial score (nSPS) is 13.7. The highest BCUT2D eigenvalue weighted by Crippen LogP contribution is 2.27. The van der Waals surface area contributed by atoms with E-state index in [0.29, 0.717) is 0 Å². The maximum atomic E-state index is 13.4. The van der Waals surface area contributed by atoms with Gasteiger partial charge >= 0.3 is 0 Å². The zero-order chi connectivity index (χ0) is 15.2. The molecule has 0 fully saturated rings. The van der Waals surface area contributed by atoms with Gasteiger partial charge in [-0.2, -0.15) is 0 Å². The van der Waals surface area contributed by atoms with E-state index in [-0.39, 0.29) is 18.0 Å². The standard InChI is InChI=1S/C17H20FNOS/c1-3-16(19)17(12-5-4-6-13(18)11-12)20-14-7-9-15(21-2)10-8-14/h4-11,16-17H,3,19H2,1-2H3. The summed E-state index contributed by atoms with van der Waals surface area (Å²) in [5.41, 5.74) is 6.91. The summed E-state index contributed by atoms with van der Waals surface area (Å²) in [6, 6.07) is 14.1. The highest BCUT2D eigenvalue weighted by Gasteiger charge is 2.21. The van der Waals surface area contributed by atoms with Gasteiger partial charge in [0, 0.05) is 10.9 Å². The van der Waals surface area contributed by atoms with Gasteiger partial charge in [-0.15, -0.1) is 11.8 Å². The topological polar surface area (TPSA) is 35.2 Å². The van der Waals surface area contributed by atoms with E-state index < -0.39 is 0 Å². The predicted molar refractivity (Wildman–Crippen MR) is 86.3 cm³/mol. The minimum Gasteiger partial charge on any atom is -0.484 e. The van der Waals surface area contributed by atoms with Crippen molar-refractivity contribution in [2.45, 2.75) is 30.4 Å². The molecule has 0 bridgehead atoms. The Labute approximate surface area is 129 Å². The lowest BCUT2D eigenvalue weighted by atomic mass is 10.0. The summed E-state index contributed by atoms with van der Waals surface area (Å²) in [6.07, 6.45) is 2.42. The Kier molecular flexibility index (Phi) is 5.65. The Morgan fingerprint density at radius 3 is 2.48 bits per heavy atom. The Hall–Kier alpha value is -1.52. The van der Waals surface area contributed by atoms with Crippen molar-refractivity contribution in [2.75, 3.05) is 6.26 Å². The van der Waals surface area contributed by atoms with Crippen molar-refractivity contribution < 1.29 is 9.13 Å². The molecule has 0 amide bonds. The maximum Gasteiger partial charge on any atom is 0.139 e. The van der Waals surface area contributed by atoms with Crippen LogP contribution in [0.4, 0.5) is 4.39 Å². The van der Waals surface area contributed by atoms with Crippen LogP contribution in [-0.4, -0.2) is 12.3 Å². The van der Waals surface area contributed by atoms with Crippen molar-refractivity contribution in [3.05, 3.63) is 59.9 Å². The van der Waals surface area contributed by atoms with E-state index in [1.165, 1.54) is 17.0 Å². The molecule has 2 atom stereocenters. The van der Waals surface area contributed by atoms with E-state index >= 15 is 0 Å². The maximum absolute atomic E-state index is 13.4. The fraction of sp³-hybridized carbons (Fsp3) is 0.294. The summed E-state index contributed by atoms with van der Waals surface area (Å²) < 4.78 is 19.4. The second-order valence-corrected chi connectivity index (χ2v) is 5.72. The molecule has 0 saturated carbocycles. The summed E-state index contributed by atoms with van der Waals surface area (Å²) >= 11 is 1.68. The summed E-state index contributed by atoms with van der Waals surface area (Å²) in [5, 5.41) is 0. The number of rotatable bonds is 6. The van der Waals surface area contributed by atoms with Crippen LogP contribution in [0.2, 0.25) is 0 Å². The van der Waals surface area contributed by atoms with Gasteiger partial charge in [0.05, 0.1) is 0 Å². The number of hydrogen-bond acceptors (Lipinski definition) is 3. The van der Waals surface area contributed by atoms with Crippen LogP contribution in [0.15, 0.2) is 53.4 Å². The SMILES string of the molecule is CCC(N)C(Oc1ccc(SC)cc1)c1cccc(F)c1. The van der Waals surface area contributed by atoms with Crippen LogP contribution in [-0.2, 0) is 0 Å². The Morgan fingerprint density at radius 1 is 1.19 bits per heavy atom. The van der Waals surface area contributed by atoms with Crippen LogP contribution in [0.25, 0.3) is 0 Å². The van der Waals surface area contributed by atoms with Crippen LogP contribution in [0.5, 0.6) is 5.75 Å². The molecular formula is C17H20FNOS. The minimum absolute atomic E-state index is 0.188. The number of thioether (sulfide) groups is 1. The minimum atomic E-state index is -0.356. The first-order valence-corrected chi connectivity index (χ1v) is 8.18. The van der Waals surface area contributed by atoms with Crippen molar-refractivity contribution in [1.82, 2.24) is 0 Å². The molecule has 0 aliphatic heterocycles. The first-order chi connectivity index (χ1) is 10.1. The van der Waals surface area contributed by atoms with E-state index in [1.54, 1.807) is 17.8 Å². The number of nitrogens with two attached hydrogens (primary N) is 1. The monoisotopic (exact) mass is 305 g/mol. The molecule has 2 N–H and O–H groups in total. The molecular weight excluding hydrogens is 285 g/mol. The molecule has 0 heterocycles. The van der Waals surface area contributed by atoms with Crippen LogP contribution in [0.3, 0.4) is 0 Å². The van der Waals surface area contributed by atoms with Crippen LogP contribution in [0.1, 0.15) is 25.0 Å². The van der Waals surface area contributed by atoms with Crippen molar-refractivity contribution in [3.63, 3.8) is 0 Å². The van der Waals surface area contributed by atoms with E-state index in [4.69, 9.17) is 10.5 Å². The van der Waals surface area contributed by atoms with Crippen molar-refractivity contribution in [2.24, 2.45) is 5.73 Å². The summed E-state index contributed by atoms with van der Waals surface area (Å²) in [5.74, 6) is 0.466. The van der Waals surface area contributed by atoms with Gasteiger partial charge in [-0.05, 0) is 54.6 Å². The van der Waals surface area contributed by atoms with Gasteiger partial charge in [0.1, 0.15) is 17.7 Å². The van der Waals surface area contributed by atoms with E-state index in [1.807, 2.05) is 43.5 Å². The summed E-state index contributed by atoms with van der Waals surface area (Å²) in [7, 11) is 0. The molecule has 21 heavy (non-hydrogen) atoms. The molecule has 2 nitrogen and oxygen atoms in total. The molecule has 0 radical (unpaired) electrons. The van der Waals surface area contributed by atoms with Gasteiger partial charge in [-0.25, -0.2) is 4.39 Å². The first kappa shape index (κ1) is 15.9. The molecule has 0 spiro atoms. The fourth-order valence-corrected chi connectivity index (χ4v) is 2.51. The van der Waals surface area contributed by atoms with E-state index in [9.17, 15) is 4.39 Å². The summed E-state index contributed by atoms with van der Waals surface area (Å²) in [6.45, 7) is 2.00. The zero-order valence-corrected chi connectivity index (χ0v) is 13.1. The van der Waals surface area contributed by atoms with Gasteiger partial charge in [-0.1, -0.05) is 19.1 Å². The smallest absolute Gasteiger partial charge is 0.139 e. The first-order valence-electron chi connectivity index (χ1n) is 6.95. The second-order valence-electron chi connectivity index (χ2n) is 4.84. The van der Waals surface area contributed by atoms with E-state index in [2.05, 4.69) is 0 Å².